The SMILES string of the molecule is Cc1cc(C#N)nc(NCc2ccncc2)n1. The van der Waals surface area contributed by atoms with Crippen LogP contribution in [0.2, 0.25) is 0 Å². The molecule has 0 fully saturated rings. The van der Waals surface area contributed by atoms with E-state index in [1.54, 1.807) is 18.5 Å². The molecule has 0 spiro atoms. The average Bonchev–Trinajstić information content (AvgIpc) is 2.37. The first-order valence-electron chi connectivity index (χ1n) is 5.16. The van der Waals surface area contributed by atoms with E-state index in [0.29, 0.717) is 18.2 Å². The third-order valence-electron chi connectivity index (χ3n) is 2.17. The number of aromatic nitrogens is 3. The lowest BCUT2D eigenvalue weighted by Gasteiger charge is -2.05. The van der Waals surface area contributed by atoms with Gasteiger partial charge in [-0.15, -0.1) is 0 Å². The molecule has 2 aromatic rings. The summed E-state index contributed by atoms with van der Waals surface area (Å²) < 4.78 is 0. The van der Waals surface area contributed by atoms with Gasteiger partial charge in [0.05, 0.1) is 0 Å². The smallest absolute Gasteiger partial charge is 0.224 e. The van der Waals surface area contributed by atoms with Gasteiger partial charge < -0.3 is 5.32 Å². The van der Waals surface area contributed by atoms with Gasteiger partial charge in [0.2, 0.25) is 5.95 Å². The number of nitrogens with zero attached hydrogens (tertiary/aromatic N) is 4. The van der Waals surface area contributed by atoms with Gasteiger partial charge in [0.15, 0.2) is 0 Å². The Balaban J connectivity index is 2.10. The minimum atomic E-state index is 0.370. The first kappa shape index (κ1) is 11.0. The summed E-state index contributed by atoms with van der Waals surface area (Å²) in [4.78, 5) is 12.2. The van der Waals surface area contributed by atoms with Gasteiger partial charge in [-0.05, 0) is 30.7 Å². The molecule has 0 amide bonds. The van der Waals surface area contributed by atoms with Gasteiger partial charge in [0.25, 0.3) is 0 Å². The van der Waals surface area contributed by atoms with Gasteiger partial charge >= 0.3 is 0 Å². The maximum Gasteiger partial charge on any atom is 0.224 e. The van der Waals surface area contributed by atoms with Crippen LogP contribution in [0.3, 0.4) is 0 Å². The van der Waals surface area contributed by atoms with Crippen LogP contribution in [0.5, 0.6) is 0 Å². The second kappa shape index (κ2) is 5.03. The Labute approximate surface area is 99.2 Å². The second-order valence-electron chi connectivity index (χ2n) is 3.54. The highest BCUT2D eigenvalue weighted by molar-refractivity contribution is 5.33. The van der Waals surface area contributed by atoms with Crippen LogP contribution in [0.25, 0.3) is 0 Å². The van der Waals surface area contributed by atoms with Crippen LogP contribution < -0.4 is 5.32 Å². The summed E-state index contributed by atoms with van der Waals surface area (Å²) in [6.45, 7) is 2.44. The number of pyridine rings is 1. The molecule has 17 heavy (non-hydrogen) atoms. The van der Waals surface area contributed by atoms with Gasteiger partial charge in [-0.1, -0.05) is 0 Å². The summed E-state index contributed by atoms with van der Waals surface area (Å²) in [6.07, 6.45) is 3.46. The second-order valence-corrected chi connectivity index (χ2v) is 3.54. The maximum atomic E-state index is 8.80. The molecule has 2 aromatic heterocycles. The third-order valence-corrected chi connectivity index (χ3v) is 2.17. The Morgan fingerprint density at radius 3 is 2.76 bits per heavy atom. The molecule has 84 valence electrons. The highest BCUT2D eigenvalue weighted by Gasteiger charge is 2.01. The Hall–Kier alpha value is -2.48. The van der Waals surface area contributed by atoms with Crippen molar-refractivity contribution in [3.63, 3.8) is 0 Å². The third kappa shape index (κ3) is 2.98. The Kier molecular flexibility index (Phi) is 3.26. The lowest BCUT2D eigenvalue weighted by molar-refractivity contribution is 1.02. The Morgan fingerprint density at radius 1 is 1.29 bits per heavy atom. The minimum absolute atomic E-state index is 0.370. The molecule has 5 nitrogen and oxygen atoms in total. The van der Waals surface area contributed by atoms with Crippen molar-refractivity contribution in [2.75, 3.05) is 5.32 Å². The fraction of sp³-hybridized carbons (Fsp3) is 0.167. The molecule has 0 aliphatic heterocycles. The zero-order valence-electron chi connectivity index (χ0n) is 9.38. The van der Waals surface area contributed by atoms with Gasteiger partial charge in [-0.25, -0.2) is 9.97 Å². The fourth-order valence-corrected chi connectivity index (χ4v) is 1.39. The van der Waals surface area contributed by atoms with E-state index >= 15 is 0 Å². The van der Waals surface area contributed by atoms with Crippen LogP contribution in [0.15, 0.2) is 30.6 Å². The number of nitriles is 1. The van der Waals surface area contributed by atoms with Crippen molar-refractivity contribution >= 4 is 5.95 Å². The lowest BCUT2D eigenvalue weighted by Crippen LogP contribution is -2.05. The largest absolute Gasteiger partial charge is 0.350 e. The number of hydrogen-bond donors (Lipinski definition) is 1. The molecule has 2 heterocycles. The van der Waals surface area contributed by atoms with E-state index in [1.807, 2.05) is 25.1 Å². The van der Waals surface area contributed by atoms with Crippen LogP contribution in [-0.2, 0) is 6.54 Å². The van der Waals surface area contributed by atoms with Gasteiger partial charge in [-0.3, -0.25) is 4.98 Å². The van der Waals surface area contributed by atoms with Crippen molar-refractivity contribution in [3.05, 3.63) is 47.5 Å². The standard InChI is InChI=1S/C12H11N5/c1-9-6-11(7-13)17-12(16-9)15-8-10-2-4-14-5-3-10/h2-6H,8H2,1H3,(H,15,16,17). The molecule has 0 aliphatic carbocycles. The quantitative estimate of drug-likeness (QED) is 0.859. The summed E-state index contributed by atoms with van der Waals surface area (Å²) in [5.41, 5.74) is 2.23. The molecule has 1 N–H and O–H groups in total. The fourth-order valence-electron chi connectivity index (χ4n) is 1.39. The summed E-state index contributed by atoms with van der Waals surface area (Å²) >= 11 is 0. The molecule has 0 unspecified atom stereocenters. The highest BCUT2D eigenvalue weighted by atomic mass is 15.1. The predicted octanol–water partition coefficient (Wildman–Crippen LogP) is 1.66. The van der Waals surface area contributed by atoms with E-state index in [2.05, 4.69) is 20.3 Å². The Bertz CT molecular complexity index is 545. The molecule has 0 aromatic carbocycles. The van der Waals surface area contributed by atoms with Crippen LogP contribution in [0.1, 0.15) is 17.0 Å². The summed E-state index contributed by atoms with van der Waals surface area (Å²) in [7, 11) is 0. The Morgan fingerprint density at radius 2 is 2.06 bits per heavy atom. The number of anilines is 1. The van der Waals surface area contributed by atoms with E-state index in [0.717, 1.165) is 11.3 Å². The monoisotopic (exact) mass is 225 g/mol. The first-order chi connectivity index (χ1) is 8.28. The topological polar surface area (TPSA) is 74.5 Å². The van der Waals surface area contributed by atoms with Gasteiger partial charge in [-0.2, -0.15) is 5.26 Å². The summed E-state index contributed by atoms with van der Waals surface area (Å²) in [6, 6.07) is 7.48. The number of rotatable bonds is 3. The molecule has 0 aliphatic rings. The molecule has 0 saturated heterocycles. The number of nitrogens with one attached hydrogen (secondary N) is 1. The zero-order valence-corrected chi connectivity index (χ0v) is 9.38. The van der Waals surface area contributed by atoms with Crippen molar-refractivity contribution in [3.8, 4) is 6.07 Å². The molecule has 0 bridgehead atoms. The van der Waals surface area contributed by atoms with Crippen molar-refractivity contribution in [2.45, 2.75) is 13.5 Å². The highest BCUT2D eigenvalue weighted by Crippen LogP contribution is 2.06. The summed E-state index contributed by atoms with van der Waals surface area (Å²) in [5.74, 6) is 0.471. The van der Waals surface area contributed by atoms with E-state index in [9.17, 15) is 0 Å². The zero-order chi connectivity index (χ0) is 12.1. The van der Waals surface area contributed by atoms with Crippen molar-refractivity contribution in [2.24, 2.45) is 0 Å². The molecule has 5 heteroatoms. The first-order valence-corrected chi connectivity index (χ1v) is 5.16. The predicted molar refractivity (Wildman–Crippen MR) is 63.0 cm³/mol. The average molecular weight is 225 g/mol. The van der Waals surface area contributed by atoms with E-state index < -0.39 is 0 Å². The number of aryl methyl sites for hydroxylation is 1. The van der Waals surface area contributed by atoms with Crippen LogP contribution in [-0.4, -0.2) is 15.0 Å². The van der Waals surface area contributed by atoms with Crippen molar-refractivity contribution < 1.29 is 0 Å². The van der Waals surface area contributed by atoms with Crippen LogP contribution >= 0.6 is 0 Å². The van der Waals surface area contributed by atoms with E-state index in [4.69, 9.17) is 5.26 Å². The van der Waals surface area contributed by atoms with Crippen LogP contribution in [0.4, 0.5) is 5.95 Å². The van der Waals surface area contributed by atoms with Crippen LogP contribution in [0, 0.1) is 18.3 Å². The van der Waals surface area contributed by atoms with Crippen molar-refractivity contribution in [1.82, 2.24) is 15.0 Å². The maximum absolute atomic E-state index is 8.80. The van der Waals surface area contributed by atoms with Crippen molar-refractivity contribution in [1.29, 1.82) is 5.26 Å². The molecule has 2 rings (SSSR count). The van der Waals surface area contributed by atoms with Gasteiger partial charge in [0.1, 0.15) is 11.8 Å². The van der Waals surface area contributed by atoms with Gasteiger partial charge in [0, 0.05) is 24.6 Å². The number of hydrogen-bond acceptors (Lipinski definition) is 5. The molecule has 0 atom stereocenters. The lowest BCUT2D eigenvalue weighted by atomic mass is 10.3. The minimum Gasteiger partial charge on any atom is -0.350 e. The molecular weight excluding hydrogens is 214 g/mol. The van der Waals surface area contributed by atoms with E-state index in [1.165, 1.54) is 0 Å². The molecule has 0 radical (unpaired) electrons. The summed E-state index contributed by atoms with van der Waals surface area (Å²) in [5, 5.41) is 11.9. The molecule has 0 saturated carbocycles. The van der Waals surface area contributed by atoms with E-state index in [-0.39, 0.29) is 0 Å². The normalized spacial score (nSPS) is 9.65. The molecular formula is C12H11N5.